The molecule has 1 saturated heterocycles. The molecule has 3 N–H and O–H groups in total. The summed E-state index contributed by atoms with van der Waals surface area (Å²) in [5, 5.41) is 9.75. The van der Waals surface area contributed by atoms with E-state index in [0.29, 0.717) is 35.9 Å². The normalized spacial score (nSPS) is 15.8. The molecule has 7 heteroatoms. The number of ether oxygens (including phenoxy) is 1. The predicted molar refractivity (Wildman–Crippen MR) is 83.8 cm³/mol. The fourth-order valence-corrected chi connectivity index (χ4v) is 2.52. The number of thiocarbonyl (C=S) groups is 1. The minimum atomic E-state index is -0.0945. The fourth-order valence-electron chi connectivity index (χ4n) is 2.34. The summed E-state index contributed by atoms with van der Waals surface area (Å²) in [6, 6.07) is 4.68. The Labute approximate surface area is 129 Å². The monoisotopic (exact) mass is 309 g/mol. The number of nitrogens with zero attached hydrogens (tertiary/aromatic N) is 2. The van der Waals surface area contributed by atoms with Crippen molar-refractivity contribution in [2.45, 2.75) is 0 Å². The van der Waals surface area contributed by atoms with Crippen LogP contribution >= 0.6 is 12.2 Å². The lowest BCUT2D eigenvalue weighted by atomic mass is 10.1. The highest BCUT2D eigenvalue weighted by Gasteiger charge is 2.22. The van der Waals surface area contributed by atoms with Gasteiger partial charge in [-0.25, -0.2) is 0 Å². The second kappa shape index (κ2) is 6.73. The van der Waals surface area contributed by atoms with Crippen LogP contribution in [0.15, 0.2) is 18.2 Å². The van der Waals surface area contributed by atoms with E-state index in [1.165, 1.54) is 13.2 Å². The number of piperazine rings is 1. The molecule has 0 spiro atoms. The van der Waals surface area contributed by atoms with Gasteiger partial charge in [0.2, 0.25) is 0 Å². The van der Waals surface area contributed by atoms with Gasteiger partial charge in [-0.05, 0) is 18.2 Å². The van der Waals surface area contributed by atoms with Crippen LogP contribution in [0.2, 0.25) is 0 Å². The Morgan fingerprint density at radius 2 is 2.05 bits per heavy atom. The molecule has 0 aliphatic carbocycles. The summed E-state index contributed by atoms with van der Waals surface area (Å²) in [4.78, 5) is 16.7. The first-order chi connectivity index (χ1) is 10.0. The van der Waals surface area contributed by atoms with Gasteiger partial charge in [-0.3, -0.25) is 9.69 Å². The largest absolute Gasteiger partial charge is 0.504 e. The summed E-state index contributed by atoms with van der Waals surface area (Å²) in [5.74, 6) is 0.228. The van der Waals surface area contributed by atoms with E-state index < -0.39 is 0 Å². The predicted octanol–water partition coefficient (Wildman–Crippen LogP) is 0.445. The molecule has 1 aliphatic rings. The molecular formula is C14H19N3O3S. The molecule has 21 heavy (non-hydrogen) atoms. The minimum Gasteiger partial charge on any atom is -0.504 e. The average Bonchev–Trinajstić information content (AvgIpc) is 2.46. The number of carbonyl (C=O) groups excluding carboxylic acids is 1. The lowest BCUT2D eigenvalue weighted by molar-refractivity contribution is 0.0654. The van der Waals surface area contributed by atoms with E-state index in [2.05, 4.69) is 4.90 Å². The van der Waals surface area contributed by atoms with E-state index in [-0.39, 0.29) is 11.7 Å². The van der Waals surface area contributed by atoms with Crippen molar-refractivity contribution in [3.05, 3.63) is 23.8 Å². The van der Waals surface area contributed by atoms with E-state index >= 15 is 0 Å². The minimum absolute atomic E-state index is 0.0320. The van der Waals surface area contributed by atoms with Crippen LogP contribution in [-0.2, 0) is 0 Å². The number of aromatic hydroxyl groups is 1. The van der Waals surface area contributed by atoms with Crippen molar-refractivity contribution < 1.29 is 14.6 Å². The highest BCUT2D eigenvalue weighted by Crippen LogP contribution is 2.26. The number of amides is 1. The summed E-state index contributed by atoms with van der Waals surface area (Å²) in [5.41, 5.74) is 5.98. The smallest absolute Gasteiger partial charge is 0.254 e. The maximum Gasteiger partial charge on any atom is 0.254 e. The summed E-state index contributed by atoms with van der Waals surface area (Å²) >= 11 is 4.89. The van der Waals surface area contributed by atoms with Crippen LogP contribution in [0.4, 0.5) is 0 Å². The zero-order chi connectivity index (χ0) is 15.4. The number of carbonyl (C=O) groups is 1. The molecule has 0 aromatic heterocycles. The highest BCUT2D eigenvalue weighted by molar-refractivity contribution is 7.80. The number of hydrogen-bond donors (Lipinski definition) is 2. The number of phenols is 1. The second-order valence-electron chi connectivity index (χ2n) is 4.92. The molecule has 0 atom stereocenters. The van der Waals surface area contributed by atoms with Crippen LogP contribution in [0.5, 0.6) is 11.5 Å². The van der Waals surface area contributed by atoms with Crippen molar-refractivity contribution in [2.24, 2.45) is 5.73 Å². The van der Waals surface area contributed by atoms with Crippen molar-refractivity contribution in [1.82, 2.24) is 9.80 Å². The Hall–Kier alpha value is -1.86. The summed E-state index contributed by atoms with van der Waals surface area (Å²) in [7, 11) is 1.47. The molecule has 114 valence electrons. The van der Waals surface area contributed by atoms with E-state index in [4.69, 9.17) is 22.7 Å². The zero-order valence-corrected chi connectivity index (χ0v) is 12.7. The van der Waals surface area contributed by atoms with Crippen molar-refractivity contribution >= 4 is 23.1 Å². The number of rotatable bonds is 4. The van der Waals surface area contributed by atoms with E-state index in [0.717, 1.165) is 13.1 Å². The van der Waals surface area contributed by atoms with Gasteiger partial charge in [0.25, 0.3) is 5.91 Å². The lowest BCUT2D eigenvalue weighted by Crippen LogP contribution is -2.50. The summed E-state index contributed by atoms with van der Waals surface area (Å²) < 4.78 is 4.97. The molecule has 1 fully saturated rings. The van der Waals surface area contributed by atoms with Gasteiger partial charge in [0.1, 0.15) is 0 Å². The molecule has 0 radical (unpaired) electrons. The van der Waals surface area contributed by atoms with Gasteiger partial charge in [-0.15, -0.1) is 0 Å². The number of benzene rings is 1. The van der Waals surface area contributed by atoms with Crippen LogP contribution in [0, 0.1) is 0 Å². The number of nitrogens with two attached hydrogens (primary N) is 1. The van der Waals surface area contributed by atoms with E-state index in [1.54, 1.807) is 17.0 Å². The second-order valence-corrected chi connectivity index (χ2v) is 5.45. The molecule has 2 rings (SSSR count). The van der Waals surface area contributed by atoms with Crippen LogP contribution in [0.25, 0.3) is 0 Å². The molecule has 6 nitrogen and oxygen atoms in total. The van der Waals surface area contributed by atoms with Crippen molar-refractivity contribution in [3.63, 3.8) is 0 Å². The molecule has 0 saturated carbocycles. The Bertz CT molecular complexity index is 542. The molecule has 1 aromatic carbocycles. The third kappa shape index (κ3) is 3.83. The Morgan fingerprint density at radius 3 is 2.57 bits per heavy atom. The van der Waals surface area contributed by atoms with Crippen molar-refractivity contribution in [3.8, 4) is 11.5 Å². The maximum atomic E-state index is 12.4. The molecule has 1 amide bonds. The van der Waals surface area contributed by atoms with E-state index in [9.17, 15) is 9.90 Å². The van der Waals surface area contributed by atoms with Crippen LogP contribution in [-0.4, -0.2) is 65.6 Å². The van der Waals surface area contributed by atoms with Gasteiger partial charge in [-0.2, -0.15) is 0 Å². The molecular weight excluding hydrogens is 290 g/mol. The quantitative estimate of drug-likeness (QED) is 0.786. The SMILES string of the molecule is COc1ccc(C(=O)N2CCN(CC(N)=S)CC2)cc1O. The Kier molecular flexibility index (Phi) is 4.98. The Morgan fingerprint density at radius 1 is 1.38 bits per heavy atom. The van der Waals surface area contributed by atoms with Crippen molar-refractivity contribution in [2.75, 3.05) is 39.8 Å². The van der Waals surface area contributed by atoms with Crippen LogP contribution in [0.3, 0.4) is 0 Å². The topological polar surface area (TPSA) is 79.0 Å². The first kappa shape index (κ1) is 15.5. The first-order valence-electron chi connectivity index (χ1n) is 6.68. The average molecular weight is 309 g/mol. The van der Waals surface area contributed by atoms with Gasteiger partial charge in [0.15, 0.2) is 11.5 Å². The van der Waals surface area contributed by atoms with Gasteiger partial charge in [0, 0.05) is 38.3 Å². The van der Waals surface area contributed by atoms with Crippen LogP contribution < -0.4 is 10.5 Å². The maximum absolute atomic E-state index is 12.4. The number of hydrogen-bond acceptors (Lipinski definition) is 5. The van der Waals surface area contributed by atoms with Crippen LogP contribution in [0.1, 0.15) is 10.4 Å². The van der Waals surface area contributed by atoms with E-state index in [1.807, 2.05) is 0 Å². The van der Waals surface area contributed by atoms with Crippen molar-refractivity contribution in [1.29, 1.82) is 0 Å². The summed E-state index contributed by atoms with van der Waals surface area (Å²) in [6.45, 7) is 3.31. The third-order valence-electron chi connectivity index (χ3n) is 3.46. The van der Waals surface area contributed by atoms with Gasteiger partial charge < -0.3 is 20.5 Å². The standard InChI is InChI=1S/C14H19N3O3S/c1-20-12-3-2-10(8-11(12)18)14(19)17-6-4-16(5-7-17)9-13(15)21/h2-3,8,18H,4-7,9H2,1H3,(H2,15,21). The fraction of sp³-hybridized carbons (Fsp3) is 0.429. The van der Waals surface area contributed by atoms with Gasteiger partial charge in [0.05, 0.1) is 12.1 Å². The van der Waals surface area contributed by atoms with Gasteiger partial charge >= 0.3 is 0 Å². The lowest BCUT2D eigenvalue weighted by Gasteiger charge is -2.34. The number of methoxy groups -OCH3 is 1. The third-order valence-corrected chi connectivity index (χ3v) is 3.59. The van der Waals surface area contributed by atoms with Gasteiger partial charge in [-0.1, -0.05) is 12.2 Å². The molecule has 0 unspecified atom stereocenters. The molecule has 1 aromatic rings. The zero-order valence-electron chi connectivity index (χ0n) is 11.9. The summed E-state index contributed by atoms with van der Waals surface area (Å²) in [6.07, 6.45) is 0. The Balaban J connectivity index is 1.98. The highest BCUT2D eigenvalue weighted by atomic mass is 32.1. The molecule has 1 heterocycles. The number of phenolic OH excluding ortho intramolecular Hbond substituents is 1. The first-order valence-corrected chi connectivity index (χ1v) is 7.09. The molecule has 1 aliphatic heterocycles. The molecule has 0 bridgehead atoms.